The summed E-state index contributed by atoms with van der Waals surface area (Å²) in [6, 6.07) is 7.42. The zero-order valence-corrected chi connectivity index (χ0v) is 13.5. The lowest BCUT2D eigenvalue weighted by Crippen LogP contribution is -2.28. The minimum atomic E-state index is -0.504. The third-order valence-corrected chi connectivity index (χ3v) is 4.45. The van der Waals surface area contributed by atoms with Gasteiger partial charge in [-0.2, -0.15) is 5.26 Å². The minimum Gasteiger partial charge on any atom is -0.324 e. The zero-order valence-electron chi connectivity index (χ0n) is 13.5. The summed E-state index contributed by atoms with van der Waals surface area (Å²) in [5, 5.41) is 9.23. The Morgan fingerprint density at radius 3 is 2.88 bits per heavy atom. The van der Waals surface area contributed by atoms with Crippen molar-refractivity contribution in [2.45, 2.75) is 25.9 Å². The standard InChI is InChI=1S/C18H14FN5O/c1-9(21)13-6-10(19)7-14-16(13)23-17-12-3-2-11(8-20)22-15(12)4-5-24(17)18(14)25/h2-3,6-7,9H,4-5,21H2,1H3/t9-/m1/s1. The van der Waals surface area contributed by atoms with E-state index in [1.54, 1.807) is 19.1 Å². The maximum absolute atomic E-state index is 13.9. The van der Waals surface area contributed by atoms with E-state index >= 15 is 0 Å². The van der Waals surface area contributed by atoms with Gasteiger partial charge in [-0.25, -0.2) is 14.4 Å². The lowest BCUT2D eigenvalue weighted by Gasteiger charge is -2.21. The van der Waals surface area contributed by atoms with Gasteiger partial charge in [0.2, 0.25) is 0 Å². The van der Waals surface area contributed by atoms with Crippen LogP contribution in [-0.2, 0) is 13.0 Å². The number of pyridine rings is 1. The van der Waals surface area contributed by atoms with Crippen LogP contribution in [0.15, 0.2) is 29.1 Å². The number of nitriles is 1. The second-order valence-electron chi connectivity index (χ2n) is 6.12. The lowest BCUT2D eigenvalue weighted by atomic mass is 10.0. The number of benzene rings is 1. The fraction of sp³-hybridized carbons (Fsp3) is 0.222. The summed E-state index contributed by atoms with van der Waals surface area (Å²) >= 11 is 0. The molecule has 0 radical (unpaired) electrons. The number of nitrogens with two attached hydrogens (primary N) is 1. The van der Waals surface area contributed by atoms with Crippen molar-refractivity contribution in [3.05, 3.63) is 57.4 Å². The Kier molecular flexibility index (Phi) is 3.37. The van der Waals surface area contributed by atoms with Crippen molar-refractivity contribution < 1.29 is 4.39 Å². The Bertz CT molecular complexity index is 1130. The quantitative estimate of drug-likeness (QED) is 0.734. The molecule has 0 unspecified atom stereocenters. The Morgan fingerprint density at radius 1 is 1.36 bits per heavy atom. The molecule has 1 aliphatic rings. The van der Waals surface area contributed by atoms with Crippen LogP contribution in [0.4, 0.5) is 4.39 Å². The molecule has 3 aromatic rings. The van der Waals surface area contributed by atoms with Crippen LogP contribution in [0, 0.1) is 17.1 Å². The Morgan fingerprint density at radius 2 is 2.16 bits per heavy atom. The van der Waals surface area contributed by atoms with Crippen LogP contribution in [0.25, 0.3) is 22.3 Å². The molecule has 1 atom stereocenters. The Hall–Kier alpha value is -3.11. The summed E-state index contributed by atoms with van der Waals surface area (Å²) < 4.78 is 15.5. The fourth-order valence-corrected chi connectivity index (χ4v) is 3.25. The predicted molar refractivity (Wildman–Crippen MR) is 90.2 cm³/mol. The SMILES string of the molecule is C[C@@H](N)c1cc(F)cc2c(=O)n3c(nc12)-c1ccc(C#N)nc1CC3. The molecule has 0 fully saturated rings. The molecule has 1 aliphatic heterocycles. The number of fused-ring (bicyclic) bond motifs is 4. The maximum atomic E-state index is 13.9. The van der Waals surface area contributed by atoms with Crippen LogP contribution < -0.4 is 11.3 Å². The Balaban J connectivity index is 2.09. The van der Waals surface area contributed by atoms with E-state index in [1.807, 2.05) is 6.07 Å². The summed E-state index contributed by atoms with van der Waals surface area (Å²) in [7, 11) is 0. The van der Waals surface area contributed by atoms with E-state index in [9.17, 15) is 9.18 Å². The first-order chi connectivity index (χ1) is 12.0. The van der Waals surface area contributed by atoms with Crippen LogP contribution in [0.2, 0.25) is 0 Å². The van der Waals surface area contributed by atoms with Gasteiger partial charge in [0.25, 0.3) is 5.56 Å². The molecule has 25 heavy (non-hydrogen) atoms. The fourth-order valence-electron chi connectivity index (χ4n) is 3.25. The average Bonchev–Trinajstić information content (AvgIpc) is 2.61. The molecule has 2 aromatic heterocycles. The number of aromatic nitrogens is 3. The van der Waals surface area contributed by atoms with Gasteiger partial charge in [0.15, 0.2) is 0 Å². The van der Waals surface area contributed by atoms with Gasteiger partial charge < -0.3 is 5.73 Å². The average molecular weight is 335 g/mol. The number of hydrogen-bond acceptors (Lipinski definition) is 5. The molecule has 0 saturated carbocycles. The van der Waals surface area contributed by atoms with Gasteiger partial charge in [0, 0.05) is 24.6 Å². The van der Waals surface area contributed by atoms with Gasteiger partial charge in [-0.15, -0.1) is 0 Å². The van der Waals surface area contributed by atoms with Crippen LogP contribution in [0.1, 0.15) is 29.9 Å². The lowest BCUT2D eigenvalue weighted by molar-refractivity contribution is 0.620. The second kappa shape index (κ2) is 5.46. The molecular formula is C18H14FN5O. The third kappa shape index (κ3) is 2.30. The van der Waals surface area contributed by atoms with Crippen molar-refractivity contribution in [2.24, 2.45) is 5.73 Å². The van der Waals surface area contributed by atoms with Gasteiger partial charge in [0.1, 0.15) is 23.4 Å². The minimum absolute atomic E-state index is 0.223. The summed E-state index contributed by atoms with van der Waals surface area (Å²) in [5.41, 5.74) is 8.32. The van der Waals surface area contributed by atoms with E-state index in [-0.39, 0.29) is 10.9 Å². The molecule has 4 rings (SSSR count). The van der Waals surface area contributed by atoms with E-state index in [4.69, 9.17) is 11.0 Å². The van der Waals surface area contributed by atoms with Crippen molar-refractivity contribution >= 4 is 10.9 Å². The van der Waals surface area contributed by atoms with E-state index in [0.717, 1.165) is 5.69 Å². The highest BCUT2D eigenvalue weighted by molar-refractivity contribution is 5.84. The van der Waals surface area contributed by atoms with Gasteiger partial charge >= 0.3 is 0 Å². The molecule has 0 bridgehead atoms. The topological polar surface area (TPSA) is 97.6 Å². The van der Waals surface area contributed by atoms with Gasteiger partial charge in [-0.1, -0.05) is 0 Å². The van der Waals surface area contributed by atoms with Crippen molar-refractivity contribution in [1.82, 2.24) is 14.5 Å². The van der Waals surface area contributed by atoms with Crippen LogP contribution in [0.3, 0.4) is 0 Å². The van der Waals surface area contributed by atoms with E-state index in [2.05, 4.69) is 9.97 Å². The van der Waals surface area contributed by atoms with Gasteiger partial charge in [-0.05, 0) is 36.8 Å². The molecule has 0 spiro atoms. The molecule has 2 N–H and O–H groups in total. The van der Waals surface area contributed by atoms with Gasteiger partial charge in [-0.3, -0.25) is 9.36 Å². The van der Waals surface area contributed by atoms with E-state index in [0.29, 0.717) is 41.1 Å². The van der Waals surface area contributed by atoms with Crippen molar-refractivity contribution in [3.8, 4) is 17.5 Å². The van der Waals surface area contributed by atoms with Crippen LogP contribution in [-0.4, -0.2) is 14.5 Å². The number of aryl methyl sites for hydroxylation is 1. The van der Waals surface area contributed by atoms with E-state index in [1.165, 1.54) is 16.7 Å². The molecule has 124 valence electrons. The first-order valence-corrected chi connectivity index (χ1v) is 7.89. The number of hydrogen-bond donors (Lipinski definition) is 1. The normalized spacial score (nSPS) is 13.8. The monoisotopic (exact) mass is 335 g/mol. The molecule has 0 saturated heterocycles. The molecule has 3 heterocycles. The predicted octanol–water partition coefficient (Wildman–Crippen LogP) is 2.05. The molecule has 0 amide bonds. The second-order valence-corrected chi connectivity index (χ2v) is 6.12. The first kappa shape index (κ1) is 15.4. The first-order valence-electron chi connectivity index (χ1n) is 7.89. The number of rotatable bonds is 1. The summed E-state index contributed by atoms with van der Waals surface area (Å²) in [6.07, 6.45) is 0.514. The summed E-state index contributed by atoms with van der Waals surface area (Å²) in [5.74, 6) is -0.0277. The molecule has 0 aliphatic carbocycles. The smallest absolute Gasteiger partial charge is 0.261 e. The van der Waals surface area contributed by atoms with Crippen molar-refractivity contribution in [2.75, 3.05) is 0 Å². The van der Waals surface area contributed by atoms with Crippen molar-refractivity contribution in [1.29, 1.82) is 5.26 Å². The summed E-state index contributed by atoms with van der Waals surface area (Å²) in [6.45, 7) is 2.11. The maximum Gasteiger partial charge on any atom is 0.261 e. The third-order valence-electron chi connectivity index (χ3n) is 4.45. The van der Waals surface area contributed by atoms with Crippen LogP contribution >= 0.6 is 0 Å². The largest absolute Gasteiger partial charge is 0.324 e. The van der Waals surface area contributed by atoms with E-state index < -0.39 is 11.9 Å². The van der Waals surface area contributed by atoms with Crippen molar-refractivity contribution in [3.63, 3.8) is 0 Å². The van der Waals surface area contributed by atoms with Crippen LogP contribution in [0.5, 0.6) is 0 Å². The molecule has 7 heteroatoms. The zero-order chi connectivity index (χ0) is 17.7. The highest BCUT2D eigenvalue weighted by atomic mass is 19.1. The molecule has 6 nitrogen and oxygen atoms in total. The molecule has 1 aromatic carbocycles. The molecular weight excluding hydrogens is 321 g/mol. The van der Waals surface area contributed by atoms with Gasteiger partial charge in [0.05, 0.1) is 16.6 Å². The number of halogens is 1. The summed E-state index contributed by atoms with van der Waals surface area (Å²) in [4.78, 5) is 21.8. The highest BCUT2D eigenvalue weighted by Crippen LogP contribution is 2.29. The number of nitrogens with zero attached hydrogens (tertiary/aromatic N) is 4. The highest BCUT2D eigenvalue weighted by Gasteiger charge is 2.23. The Labute approximate surface area is 142 Å².